The van der Waals surface area contributed by atoms with Crippen molar-refractivity contribution in [2.24, 2.45) is 0 Å². The predicted molar refractivity (Wildman–Crippen MR) is 102 cm³/mol. The lowest BCUT2D eigenvalue weighted by Crippen LogP contribution is -2.14. The van der Waals surface area contributed by atoms with Crippen LogP contribution in [0.1, 0.15) is 16.7 Å². The van der Waals surface area contributed by atoms with Crippen LogP contribution in [0.5, 0.6) is 0 Å². The number of aromatic nitrogens is 3. The van der Waals surface area contributed by atoms with E-state index < -0.39 is 0 Å². The van der Waals surface area contributed by atoms with Crippen molar-refractivity contribution in [3.05, 3.63) is 59.2 Å². The molecule has 2 N–H and O–H groups in total. The number of nitrogens with one attached hydrogen (secondary N) is 2. The fourth-order valence-electron chi connectivity index (χ4n) is 2.53. The maximum Gasteiger partial charge on any atom is 0.234 e. The molecule has 1 aromatic heterocycles. The molecule has 25 heavy (non-hydrogen) atoms. The van der Waals surface area contributed by atoms with Crippen molar-refractivity contribution in [2.75, 3.05) is 11.1 Å². The second-order valence-corrected chi connectivity index (χ2v) is 6.99. The molecule has 0 spiro atoms. The lowest BCUT2D eigenvalue weighted by atomic mass is 10.1. The number of hydrogen-bond donors (Lipinski definition) is 2. The van der Waals surface area contributed by atoms with E-state index in [0.29, 0.717) is 11.0 Å². The van der Waals surface area contributed by atoms with E-state index in [0.717, 1.165) is 22.4 Å². The Morgan fingerprint density at radius 1 is 1.04 bits per heavy atom. The van der Waals surface area contributed by atoms with E-state index in [4.69, 9.17) is 0 Å². The van der Waals surface area contributed by atoms with Gasteiger partial charge in [-0.1, -0.05) is 47.7 Å². The topological polar surface area (TPSA) is 70.7 Å². The molecular weight excluding hydrogens is 332 g/mol. The molecule has 0 bridgehead atoms. The molecule has 3 aromatic rings. The Bertz CT molecular complexity index is 866. The van der Waals surface area contributed by atoms with Gasteiger partial charge in [0.1, 0.15) is 0 Å². The summed E-state index contributed by atoms with van der Waals surface area (Å²) >= 11 is 1.31. The van der Waals surface area contributed by atoms with Gasteiger partial charge < -0.3 is 5.32 Å². The summed E-state index contributed by atoms with van der Waals surface area (Å²) in [5.74, 6) is 0.895. The first-order valence-corrected chi connectivity index (χ1v) is 8.98. The lowest BCUT2D eigenvalue weighted by Gasteiger charge is -2.06. The Hall–Kier alpha value is -2.60. The highest BCUT2D eigenvalue weighted by molar-refractivity contribution is 7.99. The van der Waals surface area contributed by atoms with E-state index >= 15 is 0 Å². The van der Waals surface area contributed by atoms with Crippen molar-refractivity contribution in [1.29, 1.82) is 0 Å². The van der Waals surface area contributed by atoms with Gasteiger partial charge in [-0.15, -0.1) is 5.10 Å². The third kappa shape index (κ3) is 4.70. The Labute approximate surface area is 151 Å². The van der Waals surface area contributed by atoms with Gasteiger partial charge in [0, 0.05) is 11.3 Å². The lowest BCUT2D eigenvalue weighted by molar-refractivity contribution is -0.113. The number of benzene rings is 2. The molecule has 3 rings (SSSR count). The summed E-state index contributed by atoms with van der Waals surface area (Å²) in [6.45, 7) is 6.06. The van der Waals surface area contributed by atoms with Crippen LogP contribution in [-0.2, 0) is 4.79 Å². The van der Waals surface area contributed by atoms with Gasteiger partial charge >= 0.3 is 0 Å². The molecule has 5 nitrogen and oxygen atoms in total. The second-order valence-electron chi connectivity index (χ2n) is 6.05. The van der Waals surface area contributed by atoms with Crippen LogP contribution in [0.3, 0.4) is 0 Å². The van der Waals surface area contributed by atoms with Crippen LogP contribution in [-0.4, -0.2) is 26.8 Å². The average Bonchev–Trinajstić information content (AvgIpc) is 3.01. The van der Waals surface area contributed by atoms with Crippen molar-refractivity contribution >= 4 is 23.4 Å². The highest BCUT2D eigenvalue weighted by atomic mass is 32.2. The SMILES string of the molecule is Cc1ccc(-c2nc(SCC(=O)Nc3cc(C)cc(C)c3)n[nH]2)cc1. The minimum Gasteiger partial charge on any atom is -0.325 e. The third-order valence-corrected chi connectivity index (χ3v) is 4.48. The first kappa shape index (κ1) is 17.2. The van der Waals surface area contributed by atoms with Crippen LogP contribution in [0.25, 0.3) is 11.4 Å². The summed E-state index contributed by atoms with van der Waals surface area (Å²) < 4.78 is 0. The van der Waals surface area contributed by atoms with Gasteiger partial charge in [0.2, 0.25) is 11.1 Å². The predicted octanol–water partition coefficient (Wildman–Crippen LogP) is 4.13. The Balaban J connectivity index is 1.58. The van der Waals surface area contributed by atoms with Crippen molar-refractivity contribution in [3.8, 4) is 11.4 Å². The van der Waals surface area contributed by atoms with E-state index in [1.54, 1.807) is 0 Å². The van der Waals surface area contributed by atoms with Gasteiger partial charge in [0.15, 0.2) is 5.82 Å². The molecule has 0 atom stereocenters. The van der Waals surface area contributed by atoms with Gasteiger partial charge in [0.25, 0.3) is 0 Å². The van der Waals surface area contributed by atoms with Crippen LogP contribution >= 0.6 is 11.8 Å². The number of carbonyl (C=O) groups excluding carboxylic acids is 1. The van der Waals surface area contributed by atoms with Crippen molar-refractivity contribution in [1.82, 2.24) is 15.2 Å². The maximum absolute atomic E-state index is 12.1. The van der Waals surface area contributed by atoms with Gasteiger partial charge in [-0.05, 0) is 44.0 Å². The summed E-state index contributed by atoms with van der Waals surface area (Å²) in [7, 11) is 0. The van der Waals surface area contributed by atoms with Crippen molar-refractivity contribution in [2.45, 2.75) is 25.9 Å². The average molecular weight is 352 g/mol. The third-order valence-electron chi connectivity index (χ3n) is 3.63. The number of carbonyl (C=O) groups is 1. The molecule has 0 saturated carbocycles. The van der Waals surface area contributed by atoms with Crippen LogP contribution in [0.2, 0.25) is 0 Å². The Morgan fingerprint density at radius 2 is 1.72 bits per heavy atom. The number of thioether (sulfide) groups is 1. The monoisotopic (exact) mass is 352 g/mol. The summed E-state index contributed by atoms with van der Waals surface area (Å²) in [4.78, 5) is 16.6. The number of H-pyrrole nitrogens is 1. The molecule has 6 heteroatoms. The van der Waals surface area contributed by atoms with Crippen LogP contribution in [0.4, 0.5) is 5.69 Å². The fourth-order valence-corrected chi connectivity index (χ4v) is 3.12. The smallest absolute Gasteiger partial charge is 0.234 e. The second kappa shape index (κ2) is 7.53. The first-order chi connectivity index (χ1) is 12.0. The molecule has 0 radical (unpaired) electrons. The number of amides is 1. The Morgan fingerprint density at radius 3 is 2.40 bits per heavy atom. The van der Waals surface area contributed by atoms with E-state index in [9.17, 15) is 4.79 Å². The van der Waals surface area contributed by atoms with Gasteiger partial charge in [0.05, 0.1) is 5.75 Å². The molecule has 0 aliphatic rings. The summed E-state index contributed by atoms with van der Waals surface area (Å²) in [6, 6.07) is 14.0. The standard InChI is InChI=1S/C19H20N4OS/c1-12-4-6-15(7-5-12)18-21-19(23-22-18)25-11-17(24)20-16-9-13(2)8-14(3)10-16/h4-10H,11H2,1-3H3,(H,20,24)(H,21,22,23). The highest BCUT2D eigenvalue weighted by Crippen LogP contribution is 2.20. The van der Waals surface area contributed by atoms with Crippen molar-refractivity contribution in [3.63, 3.8) is 0 Å². The van der Waals surface area contributed by atoms with E-state index in [2.05, 4.69) is 26.6 Å². The minimum absolute atomic E-state index is 0.0725. The molecule has 128 valence electrons. The Kier molecular flexibility index (Phi) is 5.19. The van der Waals surface area contributed by atoms with Crippen LogP contribution in [0, 0.1) is 20.8 Å². The maximum atomic E-state index is 12.1. The summed E-state index contributed by atoms with van der Waals surface area (Å²) in [5.41, 5.74) is 5.24. The van der Waals surface area contributed by atoms with Crippen LogP contribution in [0.15, 0.2) is 47.6 Å². The largest absolute Gasteiger partial charge is 0.325 e. The zero-order valence-corrected chi connectivity index (χ0v) is 15.3. The number of aromatic amines is 1. The zero-order valence-electron chi connectivity index (χ0n) is 14.5. The highest BCUT2D eigenvalue weighted by Gasteiger charge is 2.09. The first-order valence-electron chi connectivity index (χ1n) is 8.00. The quantitative estimate of drug-likeness (QED) is 0.678. The number of aryl methyl sites for hydroxylation is 3. The minimum atomic E-state index is -0.0725. The van der Waals surface area contributed by atoms with Crippen LogP contribution < -0.4 is 5.32 Å². The molecule has 0 fully saturated rings. The van der Waals surface area contributed by atoms with Gasteiger partial charge in [-0.3, -0.25) is 9.89 Å². The summed E-state index contributed by atoms with van der Waals surface area (Å²) in [5, 5.41) is 10.6. The number of anilines is 1. The van der Waals surface area contributed by atoms with Gasteiger partial charge in [-0.25, -0.2) is 4.98 Å². The molecule has 2 aromatic carbocycles. The number of hydrogen-bond acceptors (Lipinski definition) is 4. The van der Waals surface area contributed by atoms with Gasteiger partial charge in [-0.2, -0.15) is 0 Å². The molecule has 0 unspecified atom stereocenters. The number of nitrogens with zero attached hydrogens (tertiary/aromatic N) is 2. The van der Waals surface area contributed by atoms with E-state index in [-0.39, 0.29) is 11.7 Å². The normalized spacial score (nSPS) is 10.7. The van der Waals surface area contributed by atoms with E-state index in [1.165, 1.54) is 17.3 Å². The summed E-state index contributed by atoms with van der Waals surface area (Å²) in [6.07, 6.45) is 0. The van der Waals surface area contributed by atoms with Crippen molar-refractivity contribution < 1.29 is 4.79 Å². The molecule has 0 aliphatic carbocycles. The molecule has 1 amide bonds. The molecular formula is C19H20N4OS. The number of rotatable bonds is 5. The molecule has 1 heterocycles. The van der Waals surface area contributed by atoms with E-state index in [1.807, 2.05) is 57.2 Å². The molecule has 0 saturated heterocycles. The molecule has 0 aliphatic heterocycles. The zero-order chi connectivity index (χ0) is 17.8. The fraction of sp³-hybridized carbons (Fsp3) is 0.211.